The van der Waals surface area contributed by atoms with Gasteiger partial charge >= 0.3 is 0 Å². The molecule has 3 aromatic rings. The van der Waals surface area contributed by atoms with Crippen LogP contribution in [-0.2, 0) is 24.9 Å². The molecule has 0 bridgehead atoms. The van der Waals surface area contributed by atoms with Crippen LogP contribution in [0, 0.1) is 18.9 Å². The van der Waals surface area contributed by atoms with Crippen molar-refractivity contribution >= 4 is 16.6 Å². The largest absolute Gasteiger partial charge is 0.512 e. The molecule has 0 aliphatic heterocycles. The van der Waals surface area contributed by atoms with Gasteiger partial charge in [-0.05, 0) is 60.6 Å². The summed E-state index contributed by atoms with van der Waals surface area (Å²) in [5.41, 5.74) is 4.07. The van der Waals surface area contributed by atoms with E-state index in [4.69, 9.17) is 0 Å². The first-order valence-electron chi connectivity index (χ1n) is 10.4. The number of hydrogen-bond acceptors (Lipinski definition) is 3. The number of Topliss-reactive ketones (excluding diaryl/α,β-unsaturated/α-hetero) is 1. The summed E-state index contributed by atoms with van der Waals surface area (Å²) in [5.74, 6) is 0.972. The number of nitrogens with zero attached hydrogens (tertiary/aromatic N) is 1. The van der Waals surface area contributed by atoms with Gasteiger partial charge in [-0.25, -0.2) is 0 Å². The normalized spacial score (nSPS) is 18.2. The second-order valence-electron chi connectivity index (χ2n) is 7.91. The number of pyridine rings is 1. The van der Waals surface area contributed by atoms with Crippen LogP contribution in [-0.4, -0.2) is 15.9 Å². The second-order valence-corrected chi connectivity index (χ2v) is 7.91. The Bertz CT molecular complexity index is 1060. The number of fused-ring (bicyclic) bond motifs is 2. The molecule has 2 aromatic carbocycles. The minimum atomic E-state index is 0. The van der Waals surface area contributed by atoms with Gasteiger partial charge in [0, 0.05) is 44.7 Å². The number of ketones is 1. The Balaban J connectivity index is 0.000000175. The average Bonchev–Trinajstić information content (AvgIpc) is 2.75. The Labute approximate surface area is 191 Å². The molecular formula is C26H26IrNO2-. The number of hydrogen-bond donors (Lipinski definition) is 1. The van der Waals surface area contributed by atoms with Gasteiger partial charge in [-0.1, -0.05) is 24.3 Å². The Hall–Kier alpha value is -2.29. The first kappa shape index (κ1) is 22.4. The molecule has 0 amide bonds. The molecule has 5 rings (SSSR count). The van der Waals surface area contributed by atoms with Crippen molar-refractivity contribution in [2.24, 2.45) is 5.92 Å². The smallest absolute Gasteiger partial charge is 0.162 e. The van der Waals surface area contributed by atoms with E-state index in [9.17, 15) is 9.90 Å². The topological polar surface area (TPSA) is 50.2 Å². The van der Waals surface area contributed by atoms with E-state index in [0.29, 0.717) is 18.1 Å². The van der Waals surface area contributed by atoms with Crippen LogP contribution in [0.5, 0.6) is 0 Å². The van der Waals surface area contributed by atoms with Gasteiger partial charge in [0.1, 0.15) is 0 Å². The zero-order valence-corrected chi connectivity index (χ0v) is 19.5. The number of carbonyl (C=O) groups excluding carboxylic acids is 1. The van der Waals surface area contributed by atoms with Crippen LogP contribution in [0.4, 0.5) is 0 Å². The first-order chi connectivity index (χ1) is 14.1. The van der Waals surface area contributed by atoms with E-state index in [1.807, 2.05) is 30.5 Å². The molecule has 1 unspecified atom stereocenters. The summed E-state index contributed by atoms with van der Waals surface area (Å²) in [7, 11) is 0. The molecule has 1 saturated carbocycles. The van der Waals surface area contributed by atoms with Crippen molar-refractivity contribution < 1.29 is 30.0 Å². The standard InChI is InChI=1S/C16H12N.C10H14O2.Ir/c1-12-6-5-9-14-11-17-16(10-15(12)14)13-7-3-2-4-8-13;11-8-5-1-3-7-4-2-6-9(12)10(7)8;/h2-7,9-11H,1H3;7,11H,1-6H2;/q-1;;. The number of rotatable bonds is 1. The molecule has 1 radical (unpaired) electrons. The van der Waals surface area contributed by atoms with E-state index < -0.39 is 0 Å². The number of allylic oxidation sites excluding steroid dienone is 2. The van der Waals surface area contributed by atoms with Crippen LogP contribution in [0.25, 0.3) is 22.0 Å². The monoisotopic (exact) mass is 577 g/mol. The molecule has 0 spiro atoms. The predicted molar refractivity (Wildman–Crippen MR) is 117 cm³/mol. The van der Waals surface area contributed by atoms with Crippen molar-refractivity contribution in [2.45, 2.75) is 45.4 Å². The number of aromatic nitrogens is 1. The van der Waals surface area contributed by atoms with Gasteiger partial charge in [-0.15, -0.1) is 35.9 Å². The molecule has 30 heavy (non-hydrogen) atoms. The number of aliphatic hydroxyl groups is 1. The quantitative estimate of drug-likeness (QED) is 0.343. The van der Waals surface area contributed by atoms with Gasteiger partial charge in [-0.3, -0.25) is 4.79 Å². The maximum Gasteiger partial charge on any atom is 0.162 e. The fourth-order valence-corrected chi connectivity index (χ4v) is 4.38. The van der Waals surface area contributed by atoms with Gasteiger partial charge in [0.15, 0.2) is 5.78 Å². The van der Waals surface area contributed by atoms with Gasteiger partial charge in [0.2, 0.25) is 0 Å². The van der Waals surface area contributed by atoms with Crippen molar-refractivity contribution in [2.75, 3.05) is 0 Å². The third kappa shape index (κ3) is 4.88. The maximum atomic E-state index is 11.4. The predicted octanol–water partition coefficient (Wildman–Crippen LogP) is 6.36. The van der Waals surface area contributed by atoms with Crippen molar-refractivity contribution in [3.05, 3.63) is 77.7 Å². The molecule has 3 nitrogen and oxygen atoms in total. The third-order valence-corrected chi connectivity index (χ3v) is 5.91. The molecule has 1 atom stereocenters. The summed E-state index contributed by atoms with van der Waals surface area (Å²) in [5, 5.41) is 12.0. The van der Waals surface area contributed by atoms with Crippen LogP contribution in [0.3, 0.4) is 0 Å². The molecule has 157 valence electrons. The minimum Gasteiger partial charge on any atom is -0.512 e. The van der Waals surface area contributed by atoms with Crippen molar-refractivity contribution in [1.29, 1.82) is 0 Å². The van der Waals surface area contributed by atoms with E-state index >= 15 is 0 Å². The van der Waals surface area contributed by atoms with Crippen LogP contribution >= 0.6 is 0 Å². The molecule has 0 saturated heterocycles. The van der Waals surface area contributed by atoms with E-state index in [1.165, 1.54) is 16.3 Å². The van der Waals surface area contributed by atoms with Crippen LogP contribution in [0.15, 0.2) is 66.1 Å². The zero-order valence-electron chi connectivity index (χ0n) is 17.2. The number of benzene rings is 2. The first-order valence-corrected chi connectivity index (χ1v) is 10.4. The Morgan fingerprint density at radius 2 is 1.87 bits per heavy atom. The summed E-state index contributed by atoms with van der Waals surface area (Å²) in [6.45, 7) is 2.13. The van der Waals surface area contributed by atoms with Gasteiger partial charge < -0.3 is 10.1 Å². The molecular weight excluding hydrogens is 551 g/mol. The Morgan fingerprint density at radius 1 is 1.07 bits per heavy atom. The molecule has 2 aliphatic carbocycles. The zero-order chi connectivity index (χ0) is 20.2. The average molecular weight is 577 g/mol. The summed E-state index contributed by atoms with van der Waals surface area (Å²) in [4.78, 5) is 15.9. The third-order valence-electron chi connectivity index (χ3n) is 5.91. The second kappa shape index (κ2) is 10.1. The van der Waals surface area contributed by atoms with Gasteiger partial charge in [0.05, 0.1) is 5.76 Å². The van der Waals surface area contributed by atoms with Crippen molar-refractivity contribution in [3.63, 3.8) is 0 Å². The summed E-state index contributed by atoms with van der Waals surface area (Å²) in [6, 6.07) is 19.5. The van der Waals surface area contributed by atoms with Gasteiger partial charge in [0.25, 0.3) is 0 Å². The van der Waals surface area contributed by atoms with E-state index in [2.05, 4.69) is 42.2 Å². The molecule has 1 fully saturated rings. The summed E-state index contributed by atoms with van der Waals surface area (Å²) < 4.78 is 0. The minimum absolute atomic E-state index is 0. The molecule has 1 aromatic heterocycles. The van der Waals surface area contributed by atoms with Crippen LogP contribution in [0.2, 0.25) is 0 Å². The number of aliphatic hydroxyl groups excluding tert-OH is 1. The Morgan fingerprint density at radius 3 is 2.60 bits per heavy atom. The summed E-state index contributed by atoms with van der Waals surface area (Å²) >= 11 is 0. The van der Waals surface area contributed by atoms with E-state index in [0.717, 1.165) is 48.9 Å². The van der Waals surface area contributed by atoms with Crippen molar-refractivity contribution in [1.82, 2.24) is 4.98 Å². The van der Waals surface area contributed by atoms with E-state index in [-0.39, 0.29) is 25.9 Å². The fourth-order valence-electron chi connectivity index (χ4n) is 4.38. The molecule has 1 N–H and O–H groups in total. The van der Waals surface area contributed by atoms with Gasteiger partial charge in [-0.2, -0.15) is 0 Å². The van der Waals surface area contributed by atoms with E-state index in [1.54, 1.807) is 0 Å². The molecule has 2 aliphatic rings. The van der Waals surface area contributed by atoms with Crippen LogP contribution in [0.1, 0.15) is 44.1 Å². The SMILES string of the molecule is Cc1cccc2cnc(-c3[c-]cccc3)cc12.O=C1CCCC2CCCC(O)=C12.[Ir]. The maximum absolute atomic E-state index is 11.4. The summed E-state index contributed by atoms with van der Waals surface area (Å²) in [6.07, 6.45) is 7.57. The van der Waals surface area contributed by atoms with Crippen molar-refractivity contribution in [3.8, 4) is 11.3 Å². The fraction of sp³-hybridized carbons (Fsp3) is 0.308. The Kier molecular flexibility index (Phi) is 7.58. The molecule has 4 heteroatoms. The number of carbonyl (C=O) groups is 1. The molecule has 1 heterocycles. The van der Waals surface area contributed by atoms with Crippen LogP contribution < -0.4 is 0 Å². The number of aryl methyl sites for hydroxylation is 1.